The van der Waals surface area contributed by atoms with Crippen molar-refractivity contribution in [1.82, 2.24) is 10.2 Å². The van der Waals surface area contributed by atoms with Crippen LogP contribution in [0, 0.1) is 0 Å². The summed E-state index contributed by atoms with van der Waals surface area (Å²) in [6.07, 6.45) is 1.45. The van der Waals surface area contributed by atoms with Gasteiger partial charge in [-0.3, -0.25) is 4.79 Å². The summed E-state index contributed by atoms with van der Waals surface area (Å²) in [6, 6.07) is 10.0. The number of hydrogen-bond donors (Lipinski definition) is 2. The second kappa shape index (κ2) is 8.91. The Morgan fingerprint density at radius 1 is 1.24 bits per heavy atom. The number of anilines is 1. The number of ether oxygens (including phenoxy) is 1. The first-order chi connectivity index (χ1) is 14.0. The minimum Gasteiger partial charge on any atom is -0.463 e. The number of rotatable bonds is 6. The van der Waals surface area contributed by atoms with Crippen LogP contribution in [0.25, 0.3) is 0 Å². The van der Waals surface area contributed by atoms with Crippen molar-refractivity contribution in [3.05, 3.63) is 65.3 Å². The van der Waals surface area contributed by atoms with Crippen LogP contribution in [0.5, 0.6) is 0 Å². The fourth-order valence-electron chi connectivity index (χ4n) is 3.24. The van der Waals surface area contributed by atoms with Gasteiger partial charge in [0.1, 0.15) is 0 Å². The van der Waals surface area contributed by atoms with Gasteiger partial charge in [-0.15, -0.1) is 0 Å². The molecule has 0 saturated heterocycles. The number of hydrogen-bond acceptors (Lipinski definition) is 5. The quantitative estimate of drug-likeness (QED) is 0.553. The fraction of sp³-hybridized carbons (Fsp3) is 0.286. The number of carbonyl (C=O) groups is 2. The Kier molecular flexibility index (Phi) is 6.33. The number of esters is 1. The Bertz CT molecular complexity index is 935. The number of carbonyl (C=O) groups excluding carboxylic acids is 2. The molecule has 1 aliphatic heterocycles. The maximum absolute atomic E-state index is 12.6. The lowest BCUT2D eigenvalue weighted by molar-refractivity contribution is -0.139. The normalized spacial score (nSPS) is 16.4. The average molecular weight is 413 g/mol. The molecule has 1 aromatic carbocycles. The summed E-state index contributed by atoms with van der Waals surface area (Å²) in [5, 5.41) is 6.56. The Morgan fingerprint density at radius 2 is 1.97 bits per heavy atom. The van der Waals surface area contributed by atoms with Gasteiger partial charge in [-0.25, -0.2) is 4.79 Å². The number of furan rings is 1. The highest BCUT2D eigenvalue weighted by atomic mass is 32.1. The maximum atomic E-state index is 12.6. The van der Waals surface area contributed by atoms with Gasteiger partial charge in [0.15, 0.2) is 10.9 Å². The van der Waals surface area contributed by atoms with Crippen LogP contribution in [0.3, 0.4) is 0 Å². The summed E-state index contributed by atoms with van der Waals surface area (Å²) in [7, 11) is 0. The van der Waals surface area contributed by atoms with Gasteiger partial charge in [0.25, 0.3) is 5.91 Å². The van der Waals surface area contributed by atoms with Crippen LogP contribution in [0.1, 0.15) is 42.9 Å². The fourth-order valence-corrected chi connectivity index (χ4v) is 3.63. The lowest BCUT2D eigenvalue weighted by Gasteiger charge is -2.37. The summed E-state index contributed by atoms with van der Waals surface area (Å²) in [5.41, 5.74) is 2.74. The van der Waals surface area contributed by atoms with Gasteiger partial charge in [0, 0.05) is 17.9 Å². The summed E-state index contributed by atoms with van der Waals surface area (Å²) in [4.78, 5) is 26.6. The maximum Gasteiger partial charge on any atom is 0.338 e. The summed E-state index contributed by atoms with van der Waals surface area (Å²) in [6.45, 7) is 6.55. The molecule has 0 spiro atoms. The molecule has 0 saturated carbocycles. The molecular weight excluding hydrogens is 390 g/mol. The molecule has 0 fully saturated rings. The summed E-state index contributed by atoms with van der Waals surface area (Å²) >= 11 is 5.47. The molecule has 0 bridgehead atoms. The molecule has 8 heteroatoms. The first kappa shape index (κ1) is 20.6. The van der Waals surface area contributed by atoms with Crippen LogP contribution >= 0.6 is 12.2 Å². The molecule has 3 rings (SSSR count). The zero-order valence-electron chi connectivity index (χ0n) is 16.5. The van der Waals surface area contributed by atoms with Crippen LogP contribution in [0.2, 0.25) is 0 Å². The SMILES string of the molecule is CCOC(=O)C1=C(C)N(CC)C(=S)N[C@H]1c1ccc(NC(=O)c2ccco2)cc1. The number of allylic oxidation sites excluding steroid dienone is 1. The molecule has 0 unspecified atom stereocenters. The lowest BCUT2D eigenvalue weighted by Crippen LogP contribution is -2.47. The second-order valence-electron chi connectivity index (χ2n) is 6.40. The predicted molar refractivity (Wildman–Crippen MR) is 113 cm³/mol. The first-order valence-electron chi connectivity index (χ1n) is 9.37. The molecule has 7 nitrogen and oxygen atoms in total. The predicted octanol–water partition coefficient (Wildman–Crippen LogP) is 3.62. The molecule has 0 aliphatic carbocycles. The third-order valence-electron chi connectivity index (χ3n) is 4.65. The average Bonchev–Trinajstić information content (AvgIpc) is 3.23. The van der Waals surface area contributed by atoms with Gasteiger partial charge in [0.2, 0.25) is 0 Å². The highest BCUT2D eigenvalue weighted by Gasteiger charge is 2.34. The van der Waals surface area contributed by atoms with E-state index in [4.69, 9.17) is 21.4 Å². The number of thiocarbonyl (C=S) groups is 1. The molecule has 2 aromatic rings. The van der Waals surface area contributed by atoms with Crippen molar-refractivity contribution in [3.8, 4) is 0 Å². The van der Waals surface area contributed by atoms with E-state index < -0.39 is 6.04 Å². The molecule has 152 valence electrons. The van der Waals surface area contributed by atoms with Crippen molar-refractivity contribution in [1.29, 1.82) is 0 Å². The zero-order chi connectivity index (χ0) is 21.0. The van der Waals surface area contributed by atoms with Gasteiger partial charge in [-0.2, -0.15) is 0 Å². The van der Waals surface area contributed by atoms with Gasteiger partial charge >= 0.3 is 5.97 Å². The molecule has 2 N–H and O–H groups in total. The Hall–Kier alpha value is -3.13. The number of nitrogens with zero attached hydrogens (tertiary/aromatic N) is 1. The molecule has 29 heavy (non-hydrogen) atoms. The molecule has 0 radical (unpaired) electrons. The molecule has 1 amide bonds. The standard InChI is InChI=1S/C21H23N3O4S/c1-4-24-13(3)17(20(26)27-5-2)18(23-21(24)29)14-8-10-15(11-9-14)22-19(25)16-7-6-12-28-16/h6-12,18H,4-5H2,1-3H3,(H,22,25)(H,23,29)/t18-/m0/s1. The van der Waals surface area contributed by atoms with E-state index in [2.05, 4.69) is 10.6 Å². The van der Waals surface area contributed by atoms with Crippen LogP contribution in [0.15, 0.2) is 58.3 Å². The van der Waals surface area contributed by atoms with Gasteiger partial charge < -0.3 is 24.7 Å². The van der Waals surface area contributed by atoms with E-state index in [9.17, 15) is 9.59 Å². The molecule has 2 heterocycles. The number of benzene rings is 1. The van der Waals surface area contributed by atoms with Gasteiger partial charge in [0.05, 0.1) is 24.5 Å². The molecule has 1 aliphatic rings. The molecule has 1 aromatic heterocycles. The smallest absolute Gasteiger partial charge is 0.338 e. The highest BCUT2D eigenvalue weighted by Crippen LogP contribution is 2.32. The first-order valence-corrected chi connectivity index (χ1v) is 9.77. The lowest BCUT2D eigenvalue weighted by atomic mass is 9.95. The zero-order valence-corrected chi connectivity index (χ0v) is 17.3. The van der Waals surface area contributed by atoms with Crippen molar-refractivity contribution in [2.75, 3.05) is 18.5 Å². The van der Waals surface area contributed by atoms with Crippen molar-refractivity contribution >= 4 is 34.9 Å². The Morgan fingerprint density at radius 3 is 2.55 bits per heavy atom. The Labute approximate surface area is 174 Å². The number of nitrogens with one attached hydrogen (secondary N) is 2. The van der Waals surface area contributed by atoms with Gasteiger partial charge in [-0.1, -0.05) is 12.1 Å². The van der Waals surface area contributed by atoms with E-state index in [1.54, 1.807) is 31.2 Å². The van der Waals surface area contributed by atoms with Crippen molar-refractivity contribution in [2.24, 2.45) is 0 Å². The second-order valence-corrected chi connectivity index (χ2v) is 6.79. The van der Waals surface area contributed by atoms with Crippen molar-refractivity contribution < 1.29 is 18.7 Å². The number of amides is 1. The van der Waals surface area contributed by atoms with Crippen molar-refractivity contribution in [3.63, 3.8) is 0 Å². The third-order valence-corrected chi connectivity index (χ3v) is 4.99. The minimum absolute atomic E-state index is 0.233. The van der Waals surface area contributed by atoms with E-state index >= 15 is 0 Å². The van der Waals surface area contributed by atoms with E-state index in [1.165, 1.54) is 6.26 Å². The third kappa shape index (κ3) is 4.32. The van der Waals surface area contributed by atoms with Crippen LogP contribution in [-0.4, -0.2) is 35.0 Å². The largest absolute Gasteiger partial charge is 0.463 e. The molecule has 1 atom stereocenters. The van der Waals surface area contributed by atoms with E-state index in [0.29, 0.717) is 22.9 Å². The van der Waals surface area contributed by atoms with Gasteiger partial charge in [-0.05, 0) is 62.8 Å². The van der Waals surface area contributed by atoms with E-state index in [1.807, 2.05) is 30.9 Å². The van der Waals surface area contributed by atoms with E-state index in [-0.39, 0.29) is 24.2 Å². The summed E-state index contributed by atoms with van der Waals surface area (Å²) in [5.74, 6) is -0.476. The van der Waals surface area contributed by atoms with Crippen molar-refractivity contribution in [2.45, 2.75) is 26.8 Å². The highest BCUT2D eigenvalue weighted by molar-refractivity contribution is 7.80. The van der Waals surface area contributed by atoms with Crippen LogP contribution < -0.4 is 10.6 Å². The van der Waals surface area contributed by atoms with Crippen LogP contribution in [0.4, 0.5) is 5.69 Å². The monoisotopic (exact) mass is 413 g/mol. The minimum atomic E-state index is -0.431. The Balaban J connectivity index is 1.87. The summed E-state index contributed by atoms with van der Waals surface area (Å²) < 4.78 is 10.4. The van der Waals surface area contributed by atoms with Crippen LogP contribution in [-0.2, 0) is 9.53 Å². The molecular formula is C21H23N3O4S. The van der Waals surface area contributed by atoms with E-state index in [0.717, 1.165) is 11.3 Å². The topological polar surface area (TPSA) is 83.8 Å².